The number of rotatable bonds is 8. The quantitative estimate of drug-likeness (QED) is 0.519. The summed E-state index contributed by atoms with van der Waals surface area (Å²) in [7, 11) is -2.18. The van der Waals surface area contributed by atoms with Crippen LogP contribution in [0.25, 0.3) is 11.3 Å². The first-order valence-corrected chi connectivity index (χ1v) is 11.8. The van der Waals surface area contributed by atoms with Gasteiger partial charge in [0.15, 0.2) is 0 Å². The third-order valence-electron chi connectivity index (χ3n) is 5.11. The van der Waals surface area contributed by atoms with Gasteiger partial charge in [0.1, 0.15) is 5.75 Å². The van der Waals surface area contributed by atoms with Crippen LogP contribution in [-0.4, -0.2) is 32.3 Å². The minimum Gasteiger partial charge on any atom is -0.496 e. The van der Waals surface area contributed by atoms with E-state index in [0.717, 1.165) is 16.7 Å². The van der Waals surface area contributed by atoms with Crippen molar-refractivity contribution in [3.8, 4) is 22.9 Å². The molecule has 170 valence electrons. The van der Waals surface area contributed by atoms with Crippen LogP contribution >= 0.6 is 0 Å². The topological polar surface area (TPSA) is 90.4 Å². The Balaban J connectivity index is 1.78. The van der Waals surface area contributed by atoms with Crippen LogP contribution in [0, 0.1) is 26.7 Å². The average molecular weight is 456 g/mol. The second-order valence-electron chi connectivity index (χ2n) is 8.12. The van der Waals surface area contributed by atoms with E-state index in [1.54, 1.807) is 50.4 Å². The van der Waals surface area contributed by atoms with Gasteiger partial charge in [0.25, 0.3) is 10.0 Å². The van der Waals surface area contributed by atoms with Gasteiger partial charge in [-0.3, -0.25) is 4.72 Å². The number of nitrogens with one attached hydrogen (secondary N) is 1. The highest BCUT2D eigenvalue weighted by Crippen LogP contribution is 2.32. The summed E-state index contributed by atoms with van der Waals surface area (Å²) in [5, 5.41) is 8.30. The van der Waals surface area contributed by atoms with Crippen LogP contribution in [-0.2, 0) is 10.0 Å². The first-order chi connectivity index (χ1) is 15.1. The van der Waals surface area contributed by atoms with E-state index in [0.29, 0.717) is 41.1 Å². The molecular formula is C24H29N3O4S. The van der Waals surface area contributed by atoms with Crippen LogP contribution in [0.15, 0.2) is 47.4 Å². The van der Waals surface area contributed by atoms with E-state index in [9.17, 15) is 8.42 Å². The summed E-state index contributed by atoms with van der Waals surface area (Å²) in [6.45, 7) is 10.2. The molecular weight excluding hydrogens is 426 g/mol. The van der Waals surface area contributed by atoms with Gasteiger partial charge < -0.3 is 9.47 Å². The van der Waals surface area contributed by atoms with Gasteiger partial charge in [-0.2, -0.15) is 0 Å². The SMILES string of the molecule is COc1c(C)cc(S(=O)(=O)Nc2ccc(-c3ccc(OCC(C)C)nn3)cc2)c(C)c1C. The molecule has 0 radical (unpaired) electrons. The fraction of sp³-hybridized carbons (Fsp3) is 0.333. The van der Waals surface area contributed by atoms with Gasteiger partial charge in [-0.05, 0) is 67.6 Å². The summed E-state index contributed by atoms with van der Waals surface area (Å²) in [5.41, 5.74) is 4.20. The largest absolute Gasteiger partial charge is 0.496 e. The maximum Gasteiger partial charge on any atom is 0.262 e. The lowest BCUT2D eigenvalue weighted by Gasteiger charge is -2.16. The van der Waals surface area contributed by atoms with Crippen LogP contribution < -0.4 is 14.2 Å². The maximum atomic E-state index is 13.0. The molecule has 1 N–H and O–H groups in total. The number of aryl methyl sites for hydroxylation is 1. The van der Waals surface area contributed by atoms with E-state index in [1.165, 1.54) is 0 Å². The van der Waals surface area contributed by atoms with Gasteiger partial charge in [-0.15, -0.1) is 10.2 Å². The number of aromatic nitrogens is 2. The molecule has 0 saturated carbocycles. The molecule has 0 bridgehead atoms. The highest BCUT2D eigenvalue weighted by atomic mass is 32.2. The Kier molecular flexibility index (Phi) is 7.03. The number of hydrogen-bond acceptors (Lipinski definition) is 6. The molecule has 2 aromatic carbocycles. The second-order valence-corrected chi connectivity index (χ2v) is 9.77. The van der Waals surface area contributed by atoms with E-state index < -0.39 is 10.0 Å². The minimum atomic E-state index is -3.76. The molecule has 8 heteroatoms. The summed E-state index contributed by atoms with van der Waals surface area (Å²) >= 11 is 0. The Morgan fingerprint density at radius 3 is 2.22 bits per heavy atom. The first kappa shape index (κ1) is 23.5. The third kappa shape index (κ3) is 5.19. The molecule has 0 saturated heterocycles. The number of methoxy groups -OCH3 is 1. The van der Waals surface area contributed by atoms with Gasteiger partial charge in [0, 0.05) is 17.3 Å². The molecule has 0 aliphatic carbocycles. The lowest BCUT2D eigenvalue weighted by Crippen LogP contribution is -2.15. The fourth-order valence-electron chi connectivity index (χ4n) is 3.34. The monoisotopic (exact) mass is 455 g/mol. The molecule has 3 rings (SSSR count). The van der Waals surface area contributed by atoms with Crippen molar-refractivity contribution in [3.05, 3.63) is 59.2 Å². The predicted molar refractivity (Wildman–Crippen MR) is 126 cm³/mol. The van der Waals surface area contributed by atoms with Gasteiger partial charge >= 0.3 is 0 Å². The van der Waals surface area contributed by atoms with Crippen molar-refractivity contribution in [2.75, 3.05) is 18.4 Å². The van der Waals surface area contributed by atoms with Crippen molar-refractivity contribution in [1.29, 1.82) is 0 Å². The van der Waals surface area contributed by atoms with Crippen LogP contribution in [0.3, 0.4) is 0 Å². The van der Waals surface area contributed by atoms with Crippen molar-refractivity contribution >= 4 is 15.7 Å². The number of anilines is 1. The first-order valence-electron chi connectivity index (χ1n) is 10.4. The van der Waals surface area contributed by atoms with E-state index in [2.05, 4.69) is 28.8 Å². The molecule has 3 aromatic rings. The van der Waals surface area contributed by atoms with Crippen molar-refractivity contribution in [2.24, 2.45) is 5.92 Å². The smallest absolute Gasteiger partial charge is 0.262 e. The van der Waals surface area contributed by atoms with Crippen molar-refractivity contribution < 1.29 is 17.9 Å². The standard InChI is InChI=1S/C24H29N3O4S/c1-15(2)14-31-23-12-11-21(25-26-23)19-7-9-20(10-8-19)27-32(28,29)22-13-16(3)24(30-6)18(5)17(22)4/h7-13,15,27H,14H2,1-6H3. The van der Waals surface area contributed by atoms with Gasteiger partial charge in [-0.25, -0.2) is 8.42 Å². The third-order valence-corrected chi connectivity index (χ3v) is 6.62. The van der Waals surface area contributed by atoms with Gasteiger partial charge in [0.05, 0.1) is 24.3 Å². The zero-order chi connectivity index (χ0) is 23.5. The Labute approximate surface area is 189 Å². The molecule has 32 heavy (non-hydrogen) atoms. The normalized spacial score (nSPS) is 11.5. The fourth-order valence-corrected chi connectivity index (χ4v) is 4.78. The number of benzene rings is 2. The molecule has 0 aliphatic rings. The minimum absolute atomic E-state index is 0.236. The Morgan fingerprint density at radius 2 is 1.66 bits per heavy atom. The number of ether oxygens (including phenoxy) is 2. The van der Waals surface area contributed by atoms with Crippen molar-refractivity contribution in [3.63, 3.8) is 0 Å². The Bertz CT molecular complexity index is 1190. The van der Waals surface area contributed by atoms with Crippen molar-refractivity contribution in [2.45, 2.75) is 39.5 Å². The lowest BCUT2D eigenvalue weighted by atomic mass is 10.1. The number of nitrogens with zero attached hydrogens (tertiary/aromatic N) is 2. The molecule has 0 fully saturated rings. The van der Waals surface area contributed by atoms with Crippen molar-refractivity contribution in [1.82, 2.24) is 10.2 Å². The van der Waals surface area contributed by atoms with Gasteiger partial charge in [-0.1, -0.05) is 26.0 Å². The van der Waals surface area contributed by atoms with Crippen LogP contribution in [0.5, 0.6) is 11.6 Å². The molecule has 1 heterocycles. The summed E-state index contributed by atoms with van der Waals surface area (Å²) in [4.78, 5) is 0.236. The summed E-state index contributed by atoms with van der Waals surface area (Å²) in [6, 6.07) is 12.2. The zero-order valence-corrected chi connectivity index (χ0v) is 20.1. The molecule has 0 unspecified atom stereocenters. The van der Waals surface area contributed by atoms with E-state index in [1.807, 2.05) is 19.9 Å². The predicted octanol–water partition coefficient (Wildman–Crippen LogP) is 4.91. The van der Waals surface area contributed by atoms with Gasteiger partial charge in [0.2, 0.25) is 5.88 Å². The molecule has 1 aromatic heterocycles. The summed E-state index contributed by atoms with van der Waals surface area (Å²) < 4.78 is 39.7. The molecule has 0 amide bonds. The van der Waals surface area contributed by atoms with E-state index in [4.69, 9.17) is 9.47 Å². The molecule has 0 aliphatic heterocycles. The second kappa shape index (κ2) is 9.56. The Hall–Kier alpha value is -3.13. The maximum absolute atomic E-state index is 13.0. The number of sulfonamides is 1. The highest BCUT2D eigenvalue weighted by molar-refractivity contribution is 7.92. The molecule has 0 atom stereocenters. The van der Waals surface area contributed by atoms with E-state index in [-0.39, 0.29) is 4.90 Å². The van der Waals surface area contributed by atoms with Crippen LogP contribution in [0.4, 0.5) is 5.69 Å². The summed E-state index contributed by atoms with van der Waals surface area (Å²) in [5.74, 6) is 1.59. The van der Waals surface area contributed by atoms with Crippen LogP contribution in [0.1, 0.15) is 30.5 Å². The summed E-state index contributed by atoms with van der Waals surface area (Å²) in [6.07, 6.45) is 0. The Morgan fingerprint density at radius 1 is 0.969 bits per heavy atom. The lowest BCUT2D eigenvalue weighted by molar-refractivity contribution is 0.258. The van der Waals surface area contributed by atoms with Crippen LogP contribution in [0.2, 0.25) is 0 Å². The highest BCUT2D eigenvalue weighted by Gasteiger charge is 2.21. The van der Waals surface area contributed by atoms with E-state index >= 15 is 0 Å². The zero-order valence-electron chi connectivity index (χ0n) is 19.3. The molecule has 7 nitrogen and oxygen atoms in total. The number of hydrogen-bond donors (Lipinski definition) is 1. The molecule has 0 spiro atoms. The average Bonchev–Trinajstić information content (AvgIpc) is 2.76.